The fourth-order valence-electron chi connectivity index (χ4n) is 1.70. The Labute approximate surface area is 130 Å². The van der Waals surface area contributed by atoms with Crippen LogP contribution in [0.5, 0.6) is 0 Å². The van der Waals surface area contributed by atoms with Crippen molar-refractivity contribution in [1.29, 1.82) is 0 Å². The number of nitrogens with zero attached hydrogens (tertiary/aromatic N) is 1. The Hall–Kier alpha value is -0.950. The highest BCUT2D eigenvalue weighted by molar-refractivity contribution is 9.10. The fraction of sp³-hybridized carbons (Fsp3) is 0.214. The van der Waals surface area contributed by atoms with Gasteiger partial charge in [0.2, 0.25) is 0 Å². The first-order chi connectivity index (χ1) is 9.69. The van der Waals surface area contributed by atoms with Crippen molar-refractivity contribution in [3.63, 3.8) is 0 Å². The minimum Gasteiger partial charge on any atom is -0.271 e. The maximum atomic E-state index is 13.5. The zero-order valence-electron chi connectivity index (χ0n) is 10.7. The molecule has 0 aliphatic carbocycles. The zero-order valence-corrected chi connectivity index (χ0v) is 13.1. The Morgan fingerprint density at radius 1 is 1.30 bits per heavy atom. The molecule has 0 saturated heterocycles. The van der Waals surface area contributed by atoms with Crippen molar-refractivity contribution in [3.8, 4) is 0 Å². The molecule has 0 radical (unpaired) electrons. The maximum absolute atomic E-state index is 13.5. The maximum Gasteiger partial charge on any atom is 0.136 e. The average molecular weight is 356 g/mol. The summed E-state index contributed by atoms with van der Waals surface area (Å²) in [6.07, 6.45) is 2.46. The monoisotopic (exact) mass is 355 g/mol. The second-order valence-corrected chi connectivity index (χ2v) is 6.25. The van der Waals surface area contributed by atoms with Crippen molar-refractivity contribution in [3.05, 3.63) is 58.6 Å². The van der Waals surface area contributed by atoms with Crippen LogP contribution in [-0.2, 0) is 6.42 Å². The normalized spacial score (nSPS) is 12.3. The summed E-state index contributed by atoms with van der Waals surface area (Å²) in [5.74, 6) is 6.04. The first-order valence-corrected chi connectivity index (χ1v) is 7.91. The number of hydrogen-bond donors (Lipinski definition) is 2. The number of nitrogens with two attached hydrogens (primary N) is 1. The van der Waals surface area contributed by atoms with Gasteiger partial charge in [-0.1, -0.05) is 12.1 Å². The van der Waals surface area contributed by atoms with Crippen LogP contribution in [0.25, 0.3) is 0 Å². The standard InChI is InChI=1S/C14H15BrFN3S/c15-10-5-6-11(18-8-10)7-12(19-17)9-20-14-4-2-1-3-13(14)16/h1-6,8,12,19H,7,9,17H2. The van der Waals surface area contributed by atoms with Crippen molar-refractivity contribution in [1.82, 2.24) is 10.4 Å². The molecule has 1 aromatic heterocycles. The number of halogens is 2. The number of thioether (sulfide) groups is 1. The Kier molecular flexibility index (Phi) is 5.97. The number of nitrogens with one attached hydrogen (secondary N) is 1. The Morgan fingerprint density at radius 2 is 2.10 bits per heavy atom. The molecule has 6 heteroatoms. The van der Waals surface area contributed by atoms with Crippen LogP contribution in [0.3, 0.4) is 0 Å². The number of hydrazine groups is 1. The summed E-state index contributed by atoms with van der Waals surface area (Å²) in [6, 6.07) is 10.7. The summed E-state index contributed by atoms with van der Waals surface area (Å²) >= 11 is 4.80. The highest BCUT2D eigenvalue weighted by Gasteiger charge is 2.11. The molecule has 3 nitrogen and oxygen atoms in total. The third kappa shape index (κ3) is 4.56. The van der Waals surface area contributed by atoms with Gasteiger partial charge < -0.3 is 0 Å². The van der Waals surface area contributed by atoms with Crippen molar-refractivity contribution in [2.75, 3.05) is 5.75 Å². The number of aromatic nitrogens is 1. The Balaban J connectivity index is 1.92. The lowest BCUT2D eigenvalue weighted by Gasteiger charge is -2.15. The molecule has 0 amide bonds. The number of pyridine rings is 1. The van der Waals surface area contributed by atoms with Gasteiger partial charge in [-0.25, -0.2) is 4.39 Å². The third-order valence-electron chi connectivity index (χ3n) is 2.76. The fourth-order valence-corrected chi connectivity index (χ4v) is 2.91. The summed E-state index contributed by atoms with van der Waals surface area (Å²) in [7, 11) is 0. The third-order valence-corrected chi connectivity index (χ3v) is 4.44. The lowest BCUT2D eigenvalue weighted by Crippen LogP contribution is -2.38. The summed E-state index contributed by atoms with van der Waals surface area (Å²) in [6.45, 7) is 0. The molecular weight excluding hydrogens is 341 g/mol. The van der Waals surface area contributed by atoms with E-state index in [9.17, 15) is 4.39 Å². The zero-order chi connectivity index (χ0) is 14.4. The van der Waals surface area contributed by atoms with Gasteiger partial charge in [-0.05, 0) is 40.2 Å². The molecule has 2 aromatic rings. The quantitative estimate of drug-likeness (QED) is 0.474. The van der Waals surface area contributed by atoms with E-state index in [0.29, 0.717) is 17.1 Å². The molecule has 1 aromatic carbocycles. The van der Waals surface area contributed by atoms with Gasteiger partial charge >= 0.3 is 0 Å². The number of rotatable bonds is 6. The van der Waals surface area contributed by atoms with Gasteiger partial charge in [0, 0.05) is 39.5 Å². The van der Waals surface area contributed by atoms with Gasteiger partial charge in [0.05, 0.1) is 0 Å². The molecule has 106 valence electrons. The topological polar surface area (TPSA) is 50.9 Å². The predicted molar refractivity (Wildman–Crippen MR) is 83.9 cm³/mol. The van der Waals surface area contributed by atoms with Gasteiger partial charge in [-0.3, -0.25) is 16.3 Å². The molecule has 1 unspecified atom stereocenters. The summed E-state index contributed by atoms with van der Waals surface area (Å²) < 4.78 is 14.5. The largest absolute Gasteiger partial charge is 0.271 e. The van der Waals surface area contributed by atoms with Crippen LogP contribution in [-0.4, -0.2) is 16.8 Å². The summed E-state index contributed by atoms with van der Waals surface area (Å²) in [5, 5.41) is 0. The van der Waals surface area contributed by atoms with Gasteiger partial charge in [0.15, 0.2) is 0 Å². The molecule has 0 saturated carbocycles. The van der Waals surface area contributed by atoms with Gasteiger partial charge in [0.25, 0.3) is 0 Å². The van der Waals surface area contributed by atoms with Crippen LogP contribution in [0.1, 0.15) is 5.69 Å². The van der Waals surface area contributed by atoms with Crippen molar-refractivity contribution in [2.24, 2.45) is 5.84 Å². The van der Waals surface area contributed by atoms with Crippen LogP contribution < -0.4 is 11.3 Å². The Morgan fingerprint density at radius 3 is 2.75 bits per heavy atom. The SMILES string of the molecule is NNC(CSc1ccccc1F)Cc1ccc(Br)cn1. The number of benzene rings is 1. The van der Waals surface area contributed by atoms with E-state index in [1.54, 1.807) is 18.3 Å². The van der Waals surface area contributed by atoms with E-state index >= 15 is 0 Å². The van der Waals surface area contributed by atoms with Crippen LogP contribution >= 0.6 is 27.7 Å². The average Bonchev–Trinajstić information content (AvgIpc) is 2.47. The van der Waals surface area contributed by atoms with Gasteiger partial charge in [-0.15, -0.1) is 11.8 Å². The molecule has 2 rings (SSSR count). The molecule has 0 bridgehead atoms. The number of hydrogen-bond acceptors (Lipinski definition) is 4. The van der Waals surface area contributed by atoms with E-state index < -0.39 is 0 Å². The van der Waals surface area contributed by atoms with E-state index in [2.05, 4.69) is 26.3 Å². The van der Waals surface area contributed by atoms with Crippen LogP contribution in [0.4, 0.5) is 4.39 Å². The second kappa shape index (κ2) is 7.73. The lowest BCUT2D eigenvalue weighted by molar-refractivity contribution is 0.567. The minimum atomic E-state index is -0.199. The van der Waals surface area contributed by atoms with Crippen LogP contribution in [0.2, 0.25) is 0 Å². The summed E-state index contributed by atoms with van der Waals surface area (Å²) in [5.41, 5.74) is 3.71. The predicted octanol–water partition coefficient (Wildman–Crippen LogP) is 3.15. The van der Waals surface area contributed by atoms with E-state index in [1.807, 2.05) is 18.2 Å². The molecule has 0 fully saturated rings. The van der Waals surface area contributed by atoms with Crippen LogP contribution in [0.15, 0.2) is 52.0 Å². The van der Waals surface area contributed by atoms with Gasteiger partial charge in [0.1, 0.15) is 5.82 Å². The molecular formula is C14H15BrFN3S. The molecule has 3 N–H and O–H groups in total. The molecule has 20 heavy (non-hydrogen) atoms. The van der Waals surface area contributed by atoms with E-state index in [4.69, 9.17) is 5.84 Å². The molecule has 1 heterocycles. The van der Waals surface area contributed by atoms with Crippen molar-refractivity contribution < 1.29 is 4.39 Å². The molecule has 0 aliphatic rings. The molecule has 1 atom stereocenters. The minimum absolute atomic E-state index is 0.0354. The lowest BCUT2D eigenvalue weighted by atomic mass is 10.2. The second-order valence-electron chi connectivity index (χ2n) is 4.28. The highest BCUT2D eigenvalue weighted by Crippen LogP contribution is 2.22. The first-order valence-electron chi connectivity index (χ1n) is 6.13. The van der Waals surface area contributed by atoms with E-state index in [1.165, 1.54) is 17.8 Å². The van der Waals surface area contributed by atoms with Gasteiger partial charge in [-0.2, -0.15) is 0 Å². The molecule has 0 aliphatic heterocycles. The van der Waals surface area contributed by atoms with Crippen LogP contribution in [0, 0.1) is 5.82 Å². The highest BCUT2D eigenvalue weighted by atomic mass is 79.9. The Bertz CT molecular complexity index is 550. The van der Waals surface area contributed by atoms with E-state index in [-0.39, 0.29) is 11.9 Å². The van der Waals surface area contributed by atoms with Crippen molar-refractivity contribution >= 4 is 27.7 Å². The van der Waals surface area contributed by atoms with Crippen molar-refractivity contribution in [2.45, 2.75) is 17.4 Å². The summed E-state index contributed by atoms with van der Waals surface area (Å²) in [4.78, 5) is 4.95. The van der Waals surface area contributed by atoms with E-state index in [0.717, 1.165) is 10.2 Å². The molecule has 0 spiro atoms. The first kappa shape index (κ1) is 15.4. The smallest absolute Gasteiger partial charge is 0.136 e.